The molecule has 0 bridgehead atoms. The third kappa shape index (κ3) is 2.02. The lowest BCUT2D eigenvalue weighted by Crippen LogP contribution is -2.05. The summed E-state index contributed by atoms with van der Waals surface area (Å²) in [6.45, 7) is 0.420. The fourth-order valence-corrected chi connectivity index (χ4v) is 1.18. The molecule has 16 heavy (non-hydrogen) atoms. The van der Waals surface area contributed by atoms with Crippen LogP contribution in [0.15, 0.2) is 22.9 Å². The standard InChI is InChI=1S/C9H10N4O3/c1-13-5-11-12-7(13)4-10-8-3-2-6(16-8)9(14)15/h2-3,5,10H,4H2,1H3,(H,14,15). The van der Waals surface area contributed by atoms with E-state index in [4.69, 9.17) is 9.52 Å². The van der Waals surface area contributed by atoms with Crippen molar-refractivity contribution in [3.8, 4) is 0 Å². The monoisotopic (exact) mass is 222 g/mol. The maximum absolute atomic E-state index is 10.6. The number of rotatable bonds is 4. The van der Waals surface area contributed by atoms with Crippen molar-refractivity contribution in [2.24, 2.45) is 7.05 Å². The highest BCUT2D eigenvalue weighted by Crippen LogP contribution is 2.13. The van der Waals surface area contributed by atoms with Gasteiger partial charge in [0.25, 0.3) is 0 Å². The number of aromatic carboxylic acids is 1. The topological polar surface area (TPSA) is 93.2 Å². The minimum absolute atomic E-state index is 0.0968. The van der Waals surface area contributed by atoms with Crippen molar-refractivity contribution in [2.45, 2.75) is 6.54 Å². The van der Waals surface area contributed by atoms with Crippen molar-refractivity contribution in [3.05, 3.63) is 30.0 Å². The molecule has 0 aliphatic carbocycles. The molecule has 0 saturated heterocycles. The lowest BCUT2D eigenvalue weighted by atomic mass is 10.4. The number of carboxylic acid groups (broad SMARTS) is 1. The average Bonchev–Trinajstić information content (AvgIpc) is 2.83. The van der Waals surface area contributed by atoms with Crippen molar-refractivity contribution in [1.29, 1.82) is 0 Å². The van der Waals surface area contributed by atoms with Gasteiger partial charge >= 0.3 is 5.97 Å². The molecule has 0 aromatic carbocycles. The van der Waals surface area contributed by atoms with Crippen molar-refractivity contribution in [3.63, 3.8) is 0 Å². The van der Waals surface area contributed by atoms with E-state index in [-0.39, 0.29) is 5.76 Å². The van der Waals surface area contributed by atoms with Gasteiger partial charge in [0, 0.05) is 13.1 Å². The van der Waals surface area contributed by atoms with Gasteiger partial charge in [0.2, 0.25) is 5.76 Å². The Labute approximate surface area is 90.7 Å². The lowest BCUT2D eigenvalue weighted by molar-refractivity contribution is 0.0663. The maximum Gasteiger partial charge on any atom is 0.371 e. The Hall–Kier alpha value is -2.31. The van der Waals surface area contributed by atoms with Gasteiger partial charge in [0.1, 0.15) is 6.33 Å². The second kappa shape index (κ2) is 4.05. The number of anilines is 1. The zero-order valence-corrected chi connectivity index (χ0v) is 8.54. The predicted octanol–water partition coefficient (Wildman–Crippen LogP) is 0.718. The van der Waals surface area contributed by atoms with E-state index < -0.39 is 5.97 Å². The molecule has 0 amide bonds. The van der Waals surface area contributed by atoms with Crippen LogP contribution in [0, 0.1) is 0 Å². The van der Waals surface area contributed by atoms with Gasteiger partial charge in [0.05, 0.1) is 6.54 Å². The van der Waals surface area contributed by atoms with Crippen molar-refractivity contribution in [2.75, 3.05) is 5.32 Å². The summed E-state index contributed by atoms with van der Waals surface area (Å²) in [6, 6.07) is 2.95. The van der Waals surface area contributed by atoms with E-state index in [2.05, 4.69) is 15.5 Å². The Kier molecular flexibility index (Phi) is 2.59. The van der Waals surface area contributed by atoms with Crippen molar-refractivity contribution < 1.29 is 14.3 Å². The van der Waals surface area contributed by atoms with E-state index in [1.165, 1.54) is 6.07 Å². The number of nitrogens with one attached hydrogen (secondary N) is 1. The summed E-state index contributed by atoms with van der Waals surface area (Å²) in [5.74, 6) is -0.0687. The Morgan fingerprint density at radius 1 is 1.62 bits per heavy atom. The average molecular weight is 222 g/mol. The van der Waals surface area contributed by atoms with Gasteiger partial charge < -0.3 is 19.4 Å². The predicted molar refractivity (Wildman–Crippen MR) is 54.0 cm³/mol. The van der Waals surface area contributed by atoms with Gasteiger partial charge in [-0.25, -0.2) is 4.79 Å². The highest BCUT2D eigenvalue weighted by molar-refractivity contribution is 5.84. The molecule has 2 rings (SSSR count). The first kappa shape index (κ1) is 10.2. The van der Waals surface area contributed by atoms with Gasteiger partial charge in [-0.15, -0.1) is 10.2 Å². The second-order valence-electron chi connectivity index (χ2n) is 3.18. The first-order valence-electron chi connectivity index (χ1n) is 4.56. The molecule has 84 valence electrons. The van der Waals surface area contributed by atoms with Gasteiger partial charge in [0.15, 0.2) is 11.7 Å². The number of hydrogen-bond acceptors (Lipinski definition) is 5. The molecular weight excluding hydrogens is 212 g/mol. The molecule has 2 N–H and O–H groups in total. The molecule has 0 atom stereocenters. The molecule has 0 fully saturated rings. The number of carboxylic acids is 1. The molecule has 2 aromatic rings. The van der Waals surface area contributed by atoms with Gasteiger partial charge in [-0.3, -0.25) is 0 Å². The summed E-state index contributed by atoms with van der Waals surface area (Å²) in [5.41, 5.74) is 0. The summed E-state index contributed by atoms with van der Waals surface area (Å²) in [4.78, 5) is 10.6. The number of aryl methyl sites for hydroxylation is 1. The van der Waals surface area contributed by atoms with Crippen LogP contribution in [0.4, 0.5) is 5.88 Å². The van der Waals surface area contributed by atoms with Crippen LogP contribution < -0.4 is 5.32 Å². The molecule has 0 aliphatic heterocycles. The van der Waals surface area contributed by atoms with Crippen molar-refractivity contribution in [1.82, 2.24) is 14.8 Å². The Morgan fingerprint density at radius 3 is 3.00 bits per heavy atom. The smallest absolute Gasteiger partial charge is 0.371 e. The van der Waals surface area contributed by atoms with Gasteiger partial charge in [-0.1, -0.05) is 0 Å². The van der Waals surface area contributed by atoms with Crippen molar-refractivity contribution >= 4 is 11.9 Å². The number of aromatic nitrogens is 3. The van der Waals surface area contributed by atoms with Crippen LogP contribution in [-0.4, -0.2) is 25.8 Å². The number of hydrogen-bond donors (Lipinski definition) is 2. The minimum atomic E-state index is -1.09. The highest BCUT2D eigenvalue weighted by atomic mass is 16.4. The SMILES string of the molecule is Cn1cnnc1CNc1ccc(C(=O)O)o1. The molecule has 0 radical (unpaired) electrons. The molecular formula is C9H10N4O3. The van der Waals surface area contributed by atoms with Crippen LogP contribution in [0.25, 0.3) is 0 Å². The quantitative estimate of drug-likeness (QED) is 0.791. The van der Waals surface area contributed by atoms with E-state index in [0.29, 0.717) is 12.4 Å². The summed E-state index contributed by atoms with van der Waals surface area (Å²) in [6.07, 6.45) is 1.59. The molecule has 2 heterocycles. The van der Waals surface area contributed by atoms with Crippen LogP contribution in [-0.2, 0) is 13.6 Å². The molecule has 0 saturated carbocycles. The normalized spacial score (nSPS) is 10.3. The third-order valence-corrected chi connectivity index (χ3v) is 2.04. The van der Waals surface area contributed by atoms with Crippen LogP contribution in [0.1, 0.15) is 16.4 Å². The summed E-state index contributed by atoms with van der Waals surface area (Å²) in [7, 11) is 1.82. The van der Waals surface area contributed by atoms with Gasteiger partial charge in [-0.05, 0) is 6.07 Å². The van der Waals surface area contributed by atoms with Crippen LogP contribution in [0.2, 0.25) is 0 Å². The van der Waals surface area contributed by atoms with E-state index in [1.54, 1.807) is 17.0 Å². The van der Waals surface area contributed by atoms with Crippen LogP contribution in [0.5, 0.6) is 0 Å². The summed E-state index contributed by atoms with van der Waals surface area (Å²) >= 11 is 0. The molecule has 0 aliphatic rings. The largest absolute Gasteiger partial charge is 0.475 e. The first-order chi connectivity index (χ1) is 7.66. The van der Waals surface area contributed by atoms with Crippen LogP contribution in [0.3, 0.4) is 0 Å². The van der Waals surface area contributed by atoms with Gasteiger partial charge in [-0.2, -0.15) is 0 Å². The Morgan fingerprint density at radius 2 is 2.44 bits per heavy atom. The highest BCUT2D eigenvalue weighted by Gasteiger charge is 2.09. The maximum atomic E-state index is 10.6. The number of nitrogens with zero attached hydrogens (tertiary/aromatic N) is 3. The molecule has 7 nitrogen and oxygen atoms in total. The number of carbonyl (C=O) groups is 1. The fraction of sp³-hybridized carbons (Fsp3) is 0.222. The fourth-order valence-electron chi connectivity index (χ4n) is 1.18. The third-order valence-electron chi connectivity index (χ3n) is 2.04. The van der Waals surface area contributed by atoms with Crippen LogP contribution >= 0.6 is 0 Å². The summed E-state index contributed by atoms with van der Waals surface area (Å²) < 4.78 is 6.77. The van der Waals surface area contributed by atoms with E-state index >= 15 is 0 Å². The lowest BCUT2D eigenvalue weighted by Gasteiger charge is -2.01. The first-order valence-corrected chi connectivity index (χ1v) is 4.56. The Balaban J connectivity index is 2.00. The van der Waals surface area contributed by atoms with E-state index in [9.17, 15) is 4.79 Å². The number of furan rings is 1. The zero-order chi connectivity index (χ0) is 11.5. The van der Waals surface area contributed by atoms with E-state index in [0.717, 1.165) is 5.82 Å². The minimum Gasteiger partial charge on any atom is -0.475 e. The van der Waals surface area contributed by atoms with E-state index in [1.807, 2.05) is 7.05 Å². The second-order valence-corrected chi connectivity index (χ2v) is 3.18. The zero-order valence-electron chi connectivity index (χ0n) is 8.54. The molecule has 0 unspecified atom stereocenters. The Bertz CT molecular complexity index is 502. The molecule has 2 aromatic heterocycles. The molecule has 0 spiro atoms. The molecule has 7 heteroatoms. The summed E-state index contributed by atoms with van der Waals surface area (Å²) in [5, 5.41) is 19.1.